The summed E-state index contributed by atoms with van der Waals surface area (Å²) >= 11 is 0. The van der Waals surface area contributed by atoms with Crippen molar-refractivity contribution in [3.8, 4) is 0 Å². The Hall–Kier alpha value is -1.12. The topological polar surface area (TPSA) is 43.4 Å². The molecule has 0 aliphatic heterocycles. The summed E-state index contributed by atoms with van der Waals surface area (Å²) in [5, 5.41) is 0. The van der Waals surface area contributed by atoms with Gasteiger partial charge >= 0.3 is 5.97 Å². The van der Waals surface area contributed by atoms with Crippen molar-refractivity contribution >= 4 is 12.3 Å². The van der Waals surface area contributed by atoms with Gasteiger partial charge < -0.3 is 9.53 Å². The van der Waals surface area contributed by atoms with E-state index in [2.05, 4.69) is 4.74 Å². The summed E-state index contributed by atoms with van der Waals surface area (Å²) in [6.07, 6.45) is 21.5. The first-order chi connectivity index (χ1) is 10.8. The van der Waals surface area contributed by atoms with Crippen LogP contribution in [0.2, 0.25) is 0 Å². The molecule has 0 fully saturated rings. The molecular formula is C19H34O3. The van der Waals surface area contributed by atoms with Crippen molar-refractivity contribution in [2.24, 2.45) is 0 Å². The summed E-state index contributed by atoms with van der Waals surface area (Å²) in [6, 6.07) is 0. The molecule has 0 aromatic heterocycles. The normalized spacial score (nSPS) is 11.0. The maximum Gasteiger partial charge on any atom is 0.330 e. The van der Waals surface area contributed by atoms with Gasteiger partial charge in [0, 0.05) is 12.5 Å². The van der Waals surface area contributed by atoms with Gasteiger partial charge in [0.05, 0.1) is 7.11 Å². The first-order valence-electron chi connectivity index (χ1n) is 8.99. The average Bonchev–Trinajstić information content (AvgIpc) is 2.54. The fourth-order valence-corrected chi connectivity index (χ4v) is 2.51. The highest BCUT2D eigenvalue weighted by molar-refractivity contribution is 5.81. The molecule has 0 N–H and O–H groups in total. The number of carbonyl (C=O) groups is 2. The van der Waals surface area contributed by atoms with Crippen LogP contribution in [0.15, 0.2) is 12.2 Å². The Bertz CT molecular complexity index is 284. The summed E-state index contributed by atoms with van der Waals surface area (Å²) in [7, 11) is 1.40. The molecule has 0 spiro atoms. The molecule has 0 atom stereocenters. The summed E-state index contributed by atoms with van der Waals surface area (Å²) in [5.74, 6) is -0.260. The maximum absolute atomic E-state index is 10.8. The molecule has 3 nitrogen and oxygen atoms in total. The van der Waals surface area contributed by atoms with Crippen molar-refractivity contribution in [3.05, 3.63) is 12.2 Å². The van der Waals surface area contributed by atoms with Crippen molar-refractivity contribution in [2.45, 2.75) is 89.9 Å². The molecule has 0 bridgehead atoms. The summed E-state index contributed by atoms with van der Waals surface area (Å²) in [4.78, 5) is 21.0. The van der Waals surface area contributed by atoms with Gasteiger partial charge in [0.1, 0.15) is 6.29 Å². The standard InChI is InChI=1S/C19H34O3/c1-22-19(21)17-15-13-11-9-7-5-3-2-4-6-8-10-12-14-16-18-20/h15,17-18H,2-14,16H2,1H3. The van der Waals surface area contributed by atoms with Crippen LogP contribution in [-0.2, 0) is 14.3 Å². The molecule has 0 rings (SSSR count). The van der Waals surface area contributed by atoms with Gasteiger partial charge in [0.15, 0.2) is 0 Å². The molecule has 0 aromatic carbocycles. The number of unbranched alkanes of at least 4 members (excludes halogenated alkanes) is 13. The van der Waals surface area contributed by atoms with E-state index < -0.39 is 0 Å². The zero-order valence-electron chi connectivity index (χ0n) is 14.4. The van der Waals surface area contributed by atoms with Gasteiger partial charge in [-0.1, -0.05) is 70.3 Å². The molecule has 3 heteroatoms. The minimum Gasteiger partial charge on any atom is -0.466 e. The van der Waals surface area contributed by atoms with Crippen LogP contribution in [0.4, 0.5) is 0 Å². The first-order valence-corrected chi connectivity index (χ1v) is 8.99. The molecule has 0 aliphatic rings. The lowest BCUT2D eigenvalue weighted by Crippen LogP contribution is -1.93. The number of methoxy groups -OCH3 is 1. The molecule has 0 amide bonds. The second-order valence-corrected chi connectivity index (χ2v) is 5.91. The van der Waals surface area contributed by atoms with Crippen molar-refractivity contribution in [1.82, 2.24) is 0 Å². The van der Waals surface area contributed by atoms with E-state index in [1.165, 1.54) is 77.4 Å². The van der Waals surface area contributed by atoms with Gasteiger partial charge in [0.2, 0.25) is 0 Å². The van der Waals surface area contributed by atoms with Crippen LogP contribution in [-0.4, -0.2) is 19.4 Å². The molecule has 0 heterocycles. The van der Waals surface area contributed by atoms with Crippen LogP contribution >= 0.6 is 0 Å². The van der Waals surface area contributed by atoms with Crippen LogP contribution in [0.25, 0.3) is 0 Å². The first kappa shape index (κ1) is 20.9. The van der Waals surface area contributed by atoms with Crippen LogP contribution in [0.3, 0.4) is 0 Å². The van der Waals surface area contributed by atoms with Crippen LogP contribution < -0.4 is 0 Å². The lowest BCUT2D eigenvalue weighted by atomic mass is 10.0. The van der Waals surface area contributed by atoms with Gasteiger partial charge in [-0.05, 0) is 19.3 Å². The lowest BCUT2D eigenvalue weighted by molar-refractivity contribution is -0.134. The molecule has 128 valence electrons. The number of allylic oxidation sites excluding steroid dienone is 1. The molecule has 0 aliphatic carbocycles. The molecular weight excluding hydrogens is 276 g/mol. The van der Waals surface area contributed by atoms with Gasteiger partial charge in [-0.2, -0.15) is 0 Å². The van der Waals surface area contributed by atoms with E-state index in [9.17, 15) is 9.59 Å². The van der Waals surface area contributed by atoms with Gasteiger partial charge in [-0.15, -0.1) is 0 Å². The van der Waals surface area contributed by atoms with Crippen molar-refractivity contribution in [2.75, 3.05) is 7.11 Å². The Labute approximate surface area is 136 Å². The smallest absolute Gasteiger partial charge is 0.330 e. The highest BCUT2D eigenvalue weighted by atomic mass is 16.5. The highest BCUT2D eigenvalue weighted by Gasteiger charge is 1.94. The largest absolute Gasteiger partial charge is 0.466 e. The van der Waals surface area contributed by atoms with Crippen LogP contribution in [0.1, 0.15) is 89.9 Å². The molecule has 0 aromatic rings. The van der Waals surface area contributed by atoms with E-state index in [0.29, 0.717) is 0 Å². The Balaban J connectivity index is 3.07. The predicted molar refractivity (Wildman–Crippen MR) is 91.9 cm³/mol. The minimum atomic E-state index is -0.260. The molecule has 0 unspecified atom stereocenters. The zero-order chi connectivity index (χ0) is 16.3. The third-order valence-corrected chi connectivity index (χ3v) is 3.90. The minimum absolute atomic E-state index is 0.260. The molecule has 0 saturated heterocycles. The average molecular weight is 310 g/mol. The Morgan fingerprint density at radius 3 is 1.55 bits per heavy atom. The van der Waals surface area contributed by atoms with Crippen LogP contribution in [0.5, 0.6) is 0 Å². The van der Waals surface area contributed by atoms with E-state index in [1.807, 2.05) is 6.08 Å². The van der Waals surface area contributed by atoms with E-state index in [4.69, 9.17) is 0 Å². The monoisotopic (exact) mass is 310 g/mol. The third kappa shape index (κ3) is 16.9. The van der Waals surface area contributed by atoms with E-state index >= 15 is 0 Å². The van der Waals surface area contributed by atoms with Gasteiger partial charge in [0.25, 0.3) is 0 Å². The lowest BCUT2D eigenvalue weighted by Gasteiger charge is -2.02. The number of ether oxygens (including phenoxy) is 1. The molecule has 0 radical (unpaired) electrons. The van der Waals surface area contributed by atoms with Crippen molar-refractivity contribution in [3.63, 3.8) is 0 Å². The Morgan fingerprint density at radius 2 is 1.14 bits per heavy atom. The fraction of sp³-hybridized carbons (Fsp3) is 0.789. The summed E-state index contributed by atoms with van der Waals surface area (Å²) in [5.41, 5.74) is 0. The SMILES string of the molecule is COC(=O)C=CCCCCCCCCCCCCCCC=O. The van der Waals surface area contributed by atoms with E-state index in [-0.39, 0.29) is 5.97 Å². The number of hydrogen-bond acceptors (Lipinski definition) is 3. The zero-order valence-corrected chi connectivity index (χ0v) is 14.4. The number of aldehydes is 1. The maximum atomic E-state index is 10.8. The van der Waals surface area contributed by atoms with Gasteiger partial charge in [-0.3, -0.25) is 0 Å². The van der Waals surface area contributed by atoms with Crippen molar-refractivity contribution in [1.29, 1.82) is 0 Å². The second kappa shape index (κ2) is 17.9. The van der Waals surface area contributed by atoms with E-state index in [0.717, 1.165) is 32.0 Å². The quantitative estimate of drug-likeness (QED) is 0.166. The van der Waals surface area contributed by atoms with Crippen LogP contribution in [0, 0.1) is 0 Å². The number of esters is 1. The molecule has 22 heavy (non-hydrogen) atoms. The second-order valence-electron chi connectivity index (χ2n) is 5.91. The Kier molecular flexibility index (Phi) is 17.0. The predicted octanol–water partition coefficient (Wildman–Crippen LogP) is 5.38. The number of hydrogen-bond donors (Lipinski definition) is 0. The summed E-state index contributed by atoms with van der Waals surface area (Å²) < 4.78 is 4.53. The number of rotatable bonds is 16. The van der Waals surface area contributed by atoms with E-state index in [1.54, 1.807) is 0 Å². The fourth-order valence-electron chi connectivity index (χ4n) is 2.51. The Morgan fingerprint density at radius 1 is 0.727 bits per heavy atom. The summed E-state index contributed by atoms with van der Waals surface area (Å²) in [6.45, 7) is 0. The third-order valence-electron chi connectivity index (χ3n) is 3.90. The van der Waals surface area contributed by atoms with Gasteiger partial charge in [-0.25, -0.2) is 4.79 Å². The molecule has 0 saturated carbocycles. The number of carbonyl (C=O) groups excluding carboxylic acids is 2. The van der Waals surface area contributed by atoms with Crippen molar-refractivity contribution < 1.29 is 14.3 Å². The highest BCUT2D eigenvalue weighted by Crippen LogP contribution is 2.12.